The van der Waals surface area contributed by atoms with Gasteiger partial charge in [-0.1, -0.05) is 62.4 Å². The lowest BCUT2D eigenvalue weighted by Crippen LogP contribution is -2.53. The Morgan fingerprint density at radius 1 is 0.914 bits per heavy atom. The van der Waals surface area contributed by atoms with Crippen LogP contribution in [-0.4, -0.2) is 54.5 Å². The molecule has 1 heterocycles. The van der Waals surface area contributed by atoms with Gasteiger partial charge in [-0.2, -0.15) is 0 Å². The molecule has 1 aliphatic heterocycles. The predicted octanol–water partition coefficient (Wildman–Crippen LogP) is 3.78. The van der Waals surface area contributed by atoms with E-state index in [1.54, 1.807) is 0 Å². The topological polar surface area (TPSA) is 87.5 Å². The van der Waals surface area contributed by atoms with Gasteiger partial charge in [0.2, 0.25) is 11.8 Å². The van der Waals surface area contributed by atoms with Gasteiger partial charge in [0.1, 0.15) is 6.04 Å². The second kappa shape index (κ2) is 13.4. The molecule has 0 unspecified atom stereocenters. The number of carbonyl (C=O) groups is 2. The third-order valence-corrected chi connectivity index (χ3v) is 8.53. The van der Waals surface area contributed by atoms with Gasteiger partial charge in [-0.15, -0.1) is 0 Å². The summed E-state index contributed by atoms with van der Waals surface area (Å²) in [7, 11) is 0. The fraction of sp³-hybridized carbons (Fsp3) is 0.724. The summed E-state index contributed by atoms with van der Waals surface area (Å²) in [4.78, 5) is 28.8. The van der Waals surface area contributed by atoms with E-state index in [9.17, 15) is 9.59 Å². The van der Waals surface area contributed by atoms with Crippen LogP contribution in [0.2, 0.25) is 0 Å². The Hall–Kier alpha value is -1.92. The molecule has 194 valence electrons. The smallest absolute Gasteiger partial charge is 0.242 e. The van der Waals surface area contributed by atoms with E-state index in [0.29, 0.717) is 31.0 Å². The Bertz CT molecular complexity index is 787. The maximum absolute atomic E-state index is 13.8. The SMILES string of the molecule is NC1CCC(CNC(=O)[C@@H]2CCCN2C(=O)[C@@H](CC2CCCCC2)NCCc2ccccc2)CC1. The van der Waals surface area contributed by atoms with E-state index in [4.69, 9.17) is 5.73 Å². The normalized spacial score (nSPS) is 26.4. The average Bonchev–Trinajstić information content (AvgIpc) is 3.39. The lowest BCUT2D eigenvalue weighted by atomic mass is 9.84. The van der Waals surface area contributed by atoms with Crippen molar-refractivity contribution in [1.82, 2.24) is 15.5 Å². The van der Waals surface area contributed by atoms with Crippen molar-refractivity contribution in [2.75, 3.05) is 19.6 Å². The first-order chi connectivity index (χ1) is 17.1. The molecule has 35 heavy (non-hydrogen) atoms. The van der Waals surface area contributed by atoms with Crippen LogP contribution in [0.4, 0.5) is 0 Å². The minimum Gasteiger partial charge on any atom is -0.354 e. The van der Waals surface area contributed by atoms with Gasteiger partial charge in [0.15, 0.2) is 0 Å². The summed E-state index contributed by atoms with van der Waals surface area (Å²) in [6.07, 6.45) is 14.1. The van der Waals surface area contributed by atoms with Gasteiger partial charge < -0.3 is 21.3 Å². The third kappa shape index (κ3) is 7.78. The molecule has 3 fully saturated rings. The first-order valence-electron chi connectivity index (χ1n) is 14.2. The highest BCUT2D eigenvalue weighted by molar-refractivity contribution is 5.90. The molecule has 6 heteroatoms. The summed E-state index contributed by atoms with van der Waals surface area (Å²) in [5, 5.41) is 6.79. The van der Waals surface area contributed by atoms with Gasteiger partial charge in [-0.05, 0) is 75.3 Å². The van der Waals surface area contributed by atoms with Crippen LogP contribution in [0.5, 0.6) is 0 Å². The number of hydrogen-bond donors (Lipinski definition) is 3. The molecule has 2 amide bonds. The molecule has 4 N–H and O–H groups in total. The molecule has 0 bridgehead atoms. The van der Waals surface area contributed by atoms with Crippen LogP contribution in [0.25, 0.3) is 0 Å². The summed E-state index contributed by atoms with van der Waals surface area (Å²) in [5.41, 5.74) is 7.31. The molecule has 2 saturated carbocycles. The number of nitrogens with zero attached hydrogens (tertiary/aromatic N) is 1. The van der Waals surface area contributed by atoms with Crippen molar-refractivity contribution in [1.29, 1.82) is 0 Å². The maximum Gasteiger partial charge on any atom is 0.242 e. The molecule has 3 aliphatic rings. The molecule has 0 spiro atoms. The number of hydrogen-bond acceptors (Lipinski definition) is 4. The Balaban J connectivity index is 1.33. The van der Waals surface area contributed by atoms with Gasteiger partial charge in [0, 0.05) is 19.1 Å². The molecule has 1 saturated heterocycles. The predicted molar refractivity (Wildman–Crippen MR) is 141 cm³/mol. The molecule has 1 aromatic carbocycles. The van der Waals surface area contributed by atoms with E-state index >= 15 is 0 Å². The Kier molecular flexibility index (Phi) is 10.0. The highest BCUT2D eigenvalue weighted by Crippen LogP contribution is 2.29. The average molecular weight is 483 g/mol. The molecule has 2 atom stereocenters. The number of benzene rings is 1. The Morgan fingerprint density at radius 2 is 1.66 bits per heavy atom. The third-order valence-electron chi connectivity index (χ3n) is 8.53. The molecule has 0 radical (unpaired) electrons. The van der Waals surface area contributed by atoms with E-state index in [0.717, 1.165) is 57.9 Å². The van der Waals surface area contributed by atoms with Crippen LogP contribution in [0, 0.1) is 11.8 Å². The molecule has 6 nitrogen and oxygen atoms in total. The number of amides is 2. The maximum atomic E-state index is 13.8. The van der Waals surface area contributed by atoms with Crippen LogP contribution in [0.3, 0.4) is 0 Å². The molecule has 0 aromatic heterocycles. The van der Waals surface area contributed by atoms with E-state index in [1.165, 1.54) is 37.7 Å². The first-order valence-corrected chi connectivity index (χ1v) is 14.2. The van der Waals surface area contributed by atoms with Crippen molar-refractivity contribution in [2.45, 2.75) is 102 Å². The second-order valence-electron chi connectivity index (χ2n) is 11.2. The minimum absolute atomic E-state index is 0.0337. The lowest BCUT2D eigenvalue weighted by molar-refractivity contribution is -0.140. The number of nitrogens with two attached hydrogens (primary N) is 1. The molecular formula is C29H46N4O2. The number of carbonyl (C=O) groups excluding carboxylic acids is 2. The van der Waals surface area contributed by atoms with E-state index in [2.05, 4.69) is 34.9 Å². The Morgan fingerprint density at radius 3 is 2.40 bits per heavy atom. The zero-order valence-electron chi connectivity index (χ0n) is 21.4. The highest BCUT2D eigenvalue weighted by Gasteiger charge is 2.38. The van der Waals surface area contributed by atoms with Crippen LogP contribution >= 0.6 is 0 Å². The van der Waals surface area contributed by atoms with Gasteiger partial charge in [0.25, 0.3) is 0 Å². The Labute approximate surface area is 211 Å². The number of nitrogens with one attached hydrogen (secondary N) is 2. The summed E-state index contributed by atoms with van der Waals surface area (Å²) >= 11 is 0. The van der Waals surface area contributed by atoms with Crippen molar-refractivity contribution in [3.05, 3.63) is 35.9 Å². The van der Waals surface area contributed by atoms with E-state index in [-0.39, 0.29) is 23.9 Å². The second-order valence-corrected chi connectivity index (χ2v) is 11.2. The van der Waals surface area contributed by atoms with Crippen LogP contribution < -0.4 is 16.4 Å². The van der Waals surface area contributed by atoms with Crippen molar-refractivity contribution in [3.8, 4) is 0 Å². The van der Waals surface area contributed by atoms with Crippen molar-refractivity contribution < 1.29 is 9.59 Å². The zero-order chi connectivity index (χ0) is 24.5. The molecule has 1 aromatic rings. The van der Waals surface area contributed by atoms with Crippen LogP contribution in [0.1, 0.15) is 82.6 Å². The van der Waals surface area contributed by atoms with Crippen LogP contribution in [0.15, 0.2) is 30.3 Å². The summed E-state index contributed by atoms with van der Waals surface area (Å²) < 4.78 is 0. The number of likely N-dealkylation sites (tertiary alicyclic amines) is 1. The zero-order valence-corrected chi connectivity index (χ0v) is 21.4. The van der Waals surface area contributed by atoms with Crippen molar-refractivity contribution in [3.63, 3.8) is 0 Å². The van der Waals surface area contributed by atoms with Gasteiger partial charge in [-0.3, -0.25) is 9.59 Å². The van der Waals surface area contributed by atoms with Gasteiger partial charge >= 0.3 is 0 Å². The van der Waals surface area contributed by atoms with Crippen molar-refractivity contribution in [2.24, 2.45) is 17.6 Å². The fourth-order valence-electron chi connectivity index (χ4n) is 6.32. The molecular weight excluding hydrogens is 436 g/mol. The summed E-state index contributed by atoms with van der Waals surface area (Å²) in [6, 6.07) is 10.2. The quantitative estimate of drug-likeness (QED) is 0.474. The fourth-order valence-corrected chi connectivity index (χ4v) is 6.32. The standard InChI is InChI=1S/C29H46N4O2/c30-25-15-13-24(14-16-25)21-32-28(34)27-12-7-19-33(27)29(35)26(20-23-10-5-2-6-11-23)31-18-17-22-8-3-1-4-9-22/h1,3-4,8-9,23-27,31H,2,5-7,10-21,30H2,(H,32,34)/t24?,25?,26-,27+/m1/s1. The summed E-state index contributed by atoms with van der Waals surface area (Å²) in [5.74, 6) is 1.29. The molecule has 4 rings (SSSR count). The first kappa shape index (κ1) is 26.2. The largest absolute Gasteiger partial charge is 0.354 e. The summed E-state index contributed by atoms with van der Waals surface area (Å²) in [6.45, 7) is 2.18. The van der Waals surface area contributed by atoms with Gasteiger partial charge in [0.05, 0.1) is 6.04 Å². The monoisotopic (exact) mass is 482 g/mol. The van der Waals surface area contributed by atoms with Crippen LogP contribution in [-0.2, 0) is 16.0 Å². The van der Waals surface area contributed by atoms with Crippen molar-refractivity contribution >= 4 is 11.8 Å². The highest BCUT2D eigenvalue weighted by atomic mass is 16.2. The lowest BCUT2D eigenvalue weighted by Gasteiger charge is -2.32. The van der Waals surface area contributed by atoms with E-state index in [1.807, 2.05) is 11.0 Å². The molecule has 2 aliphatic carbocycles. The minimum atomic E-state index is -0.321. The van der Waals surface area contributed by atoms with E-state index < -0.39 is 0 Å². The van der Waals surface area contributed by atoms with Gasteiger partial charge in [-0.25, -0.2) is 0 Å². The number of rotatable bonds is 10.